The number of amides is 1. The number of carbonyl (C=O) groups excluding carboxylic acids is 1. The second-order valence-electron chi connectivity index (χ2n) is 5.65. The highest BCUT2D eigenvalue weighted by molar-refractivity contribution is 5.91. The van der Waals surface area contributed by atoms with Crippen molar-refractivity contribution in [1.29, 1.82) is 0 Å². The second kappa shape index (κ2) is 7.75. The SMILES string of the molecule is CCN(Cc1ccc(OC)cc1)C(=O)/C=C/c1ccc2c(c1)OCO2. The number of hydrogen-bond acceptors (Lipinski definition) is 4. The molecule has 0 N–H and O–H groups in total. The molecular formula is C20H21NO4. The van der Waals surface area contributed by atoms with E-state index in [4.69, 9.17) is 14.2 Å². The van der Waals surface area contributed by atoms with Crippen LogP contribution < -0.4 is 14.2 Å². The van der Waals surface area contributed by atoms with E-state index >= 15 is 0 Å². The summed E-state index contributed by atoms with van der Waals surface area (Å²) in [6, 6.07) is 13.4. The van der Waals surface area contributed by atoms with Crippen LogP contribution in [0.4, 0.5) is 0 Å². The van der Waals surface area contributed by atoms with E-state index in [1.807, 2.05) is 49.4 Å². The maximum absolute atomic E-state index is 12.5. The predicted octanol–water partition coefficient (Wildman–Crippen LogP) is 3.49. The summed E-state index contributed by atoms with van der Waals surface area (Å²) < 4.78 is 15.8. The molecule has 3 rings (SSSR count). The molecule has 0 atom stereocenters. The molecule has 2 aromatic rings. The van der Waals surface area contributed by atoms with E-state index in [2.05, 4.69) is 0 Å². The van der Waals surface area contributed by atoms with Gasteiger partial charge in [0.1, 0.15) is 5.75 Å². The Kier molecular flexibility index (Phi) is 5.23. The molecule has 0 fully saturated rings. The minimum absolute atomic E-state index is 0.0315. The van der Waals surface area contributed by atoms with Crippen molar-refractivity contribution in [3.8, 4) is 17.2 Å². The van der Waals surface area contributed by atoms with E-state index < -0.39 is 0 Å². The number of likely N-dealkylation sites (N-methyl/N-ethyl adjacent to an activating group) is 1. The normalized spacial score (nSPS) is 12.4. The van der Waals surface area contributed by atoms with Gasteiger partial charge in [0, 0.05) is 19.2 Å². The van der Waals surface area contributed by atoms with Gasteiger partial charge in [0.2, 0.25) is 12.7 Å². The van der Waals surface area contributed by atoms with Crippen molar-refractivity contribution in [2.45, 2.75) is 13.5 Å². The molecule has 0 radical (unpaired) electrons. The van der Waals surface area contributed by atoms with Gasteiger partial charge in [-0.25, -0.2) is 0 Å². The van der Waals surface area contributed by atoms with E-state index in [1.54, 1.807) is 24.2 Å². The Morgan fingerprint density at radius 1 is 1.16 bits per heavy atom. The maximum Gasteiger partial charge on any atom is 0.246 e. The Hall–Kier alpha value is -2.95. The fourth-order valence-electron chi connectivity index (χ4n) is 2.59. The topological polar surface area (TPSA) is 48.0 Å². The standard InChI is InChI=1S/C20H21NO4/c1-3-21(13-16-4-8-17(23-2)9-5-16)20(22)11-7-15-6-10-18-19(12-15)25-14-24-18/h4-12H,3,13-14H2,1-2H3/b11-7+. The van der Waals surface area contributed by atoms with Gasteiger partial charge in [-0.1, -0.05) is 18.2 Å². The number of hydrogen-bond donors (Lipinski definition) is 0. The highest BCUT2D eigenvalue weighted by atomic mass is 16.7. The summed E-state index contributed by atoms with van der Waals surface area (Å²) in [4.78, 5) is 14.3. The lowest BCUT2D eigenvalue weighted by atomic mass is 10.1. The van der Waals surface area contributed by atoms with Gasteiger partial charge in [-0.3, -0.25) is 4.79 Å². The second-order valence-corrected chi connectivity index (χ2v) is 5.65. The average Bonchev–Trinajstić information content (AvgIpc) is 3.12. The molecule has 25 heavy (non-hydrogen) atoms. The molecule has 0 bridgehead atoms. The van der Waals surface area contributed by atoms with Crippen molar-refractivity contribution in [2.75, 3.05) is 20.4 Å². The Bertz CT molecular complexity index is 768. The van der Waals surface area contributed by atoms with Gasteiger partial charge >= 0.3 is 0 Å². The van der Waals surface area contributed by atoms with Crippen LogP contribution in [0.1, 0.15) is 18.1 Å². The van der Waals surface area contributed by atoms with Crippen LogP contribution in [0.3, 0.4) is 0 Å². The third kappa shape index (κ3) is 4.12. The van der Waals surface area contributed by atoms with Crippen molar-refractivity contribution in [2.24, 2.45) is 0 Å². The van der Waals surface area contributed by atoms with Gasteiger partial charge < -0.3 is 19.1 Å². The van der Waals surface area contributed by atoms with E-state index in [-0.39, 0.29) is 12.7 Å². The summed E-state index contributed by atoms with van der Waals surface area (Å²) in [5.74, 6) is 2.22. The van der Waals surface area contributed by atoms with Gasteiger partial charge in [0.05, 0.1) is 7.11 Å². The molecular weight excluding hydrogens is 318 g/mol. The van der Waals surface area contributed by atoms with Gasteiger partial charge in [-0.2, -0.15) is 0 Å². The maximum atomic E-state index is 12.5. The Morgan fingerprint density at radius 3 is 2.64 bits per heavy atom. The van der Waals surface area contributed by atoms with Crippen LogP contribution in [-0.2, 0) is 11.3 Å². The van der Waals surface area contributed by atoms with Crippen LogP contribution in [0.5, 0.6) is 17.2 Å². The third-order valence-electron chi connectivity index (χ3n) is 4.04. The highest BCUT2D eigenvalue weighted by Crippen LogP contribution is 2.32. The molecule has 1 aliphatic heterocycles. The number of nitrogens with zero attached hydrogens (tertiary/aromatic N) is 1. The Labute approximate surface area is 147 Å². The number of ether oxygens (including phenoxy) is 3. The van der Waals surface area contributed by atoms with Crippen LogP contribution in [0, 0.1) is 0 Å². The first-order chi connectivity index (χ1) is 12.2. The molecule has 1 heterocycles. The molecule has 5 nitrogen and oxygen atoms in total. The Morgan fingerprint density at radius 2 is 1.92 bits per heavy atom. The van der Waals surface area contributed by atoms with Crippen molar-refractivity contribution < 1.29 is 19.0 Å². The molecule has 0 saturated heterocycles. The molecule has 1 aliphatic rings. The average molecular weight is 339 g/mol. The largest absolute Gasteiger partial charge is 0.497 e. The predicted molar refractivity (Wildman–Crippen MR) is 95.7 cm³/mol. The van der Waals surface area contributed by atoms with E-state index in [9.17, 15) is 4.79 Å². The molecule has 1 amide bonds. The first-order valence-electron chi connectivity index (χ1n) is 8.19. The number of benzene rings is 2. The number of rotatable bonds is 6. The van der Waals surface area contributed by atoms with E-state index in [1.165, 1.54) is 0 Å². The van der Waals surface area contributed by atoms with Crippen molar-refractivity contribution in [3.63, 3.8) is 0 Å². The van der Waals surface area contributed by atoms with Crippen molar-refractivity contribution in [1.82, 2.24) is 4.90 Å². The van der Waals surface area contributed by atoms with Crippen LogP contribution in [0.25, 0.3) is 6.08 Å². The summed E-state index contributed by atoms with van der Waals surface area (Å²) in [7, 11) is 1.64. The quantitative estimate of drug-likeness (QED) is 0.756. The first kappa shape index (κ1) is 16.9. The molecule has 0 spiro atoms. The fraction of sp³-hybridized carbons (Fsp3) is 0.250. The van der Waals surface area contributed by atoms with Crippen LogP contribution >= 0.6 is 0 Å². The minimum atomic E-state index is -0.0315. The van der Waals surface area contributed by atoms with Gasteiger partial charge in [-0.05, 0) is 48.4 Å². The van der Waals surface area contributed by atoms with Gasteiger partial charge in [0.15, 0.2) is 11.5 Å². The summed E-state index contributed by atoms with van der Waals surface area (Å²) in [6.45, 7) is 3.41. The zero-order valence-corrected chi connectivity index (χ0v) is 14.4. The molecule has 5 heteroatoms. The van der Waals surface area contributed by atoms with E-state index in [0.29, 0.717) is 18.8 Å². The van der Waals surface area contributed by atoms with E-state index in [0.717, 1.165) is 22.6 Å². The summed E-state index contributed by atoms with van der Waals surface area (Å²) in [5.41, 5.74) is 1.96. The Balaban J connectivity index is 1.65. The first-order valence-corrected chi connectivity index (χ1v) is 8.19. The summed E-state index contributed by atoms with van der Waals surface area (Å²) >= 11 is 0. The molecule has 130 valence electrons. The molecule has 0 saturated carbocycles. The third-order valence-corrected chi connectivity index (χ3v) is 4.04. The lowest BCUT2D eigenvalue weighted by Gasteiger charge is -2.19. The minimum Gasteiger partial charge on any atom is -0.497 e. The lowest BCUT2D eigenvalue weighted by molar-refractivity contribution is -0.126. The number of carbonyl (C=O) groups is 1. The van der Waals surface area contributed by atoms with Crippen molar-refractivity contribution in [3.05, 3.63) is 59.7 Å². The zero-order chi connectivity index (χ0) is 17.6. The lowest BCUT2D eigenvalue weighted by Crippen LogP contribution is -2.28. The monoisotopic (exact) mass is 339 g/mol. The smallest absolute Gasteiger partial charge is 0.246 e. The zero-order valence-electron chi connectivity index (χ0n) is 14.4. The van der Waals surface area contributed by atoms with Gasteiger partial charge in [0.25, 0.3) is 0 Å². The summed E-state index contributed by atoms with van der Waals surface area (Å²) in [6.07, 6.45) is 3.38. The van der Waals surface area contributed by atoms with Crippen LogP contribution in [-0.4, -0.2) is 31.3 Å². The number of methoxy groups -OCH3 is 1. The molecule has 0 unspecified atom stereocenters. The molecule has 0 aliphatic carbocycles. The number of fused-ring (bicyclic) bond motifs is 1. The van der Waals surface area contributed by atoms with Crippen LogP contribution in [0.15, 0.2) is 48.5 Å². The van der Waals surface area contributed by atoms with Crippen LogP contribution in [0.2, 0.25) is 0 Å². The summed E-state index contributed by atoms with van der Waals surface area (Å²) in [5, 5.41) is 0. The van der Waals surface area contributed by atoms with Gasteiger partial charge in [-0.15, -0.1) is 0 Å². The fourth-order valence-corrected chi connectivity index (χ4v) is 2.59. The molecule has 2 aromatic carbocycles. The molecule has 0 aromatic heterocycles. The van der Waals surface area contributed by atoms with Crippen molar-refractivity contribution >= 4 is 12.0 Å². The highest BCUT2D eigenvalue weighted by Gasteiger charge is 2.13.